The Morgan fingerprint density at radius 3 is 1.61 bits per heavy atom. The lowest BCUT2D eigenvalue weighted by atomic mass is 10.0. The lowest BCUT2D eigenvalue weighted by Crippen LogP contribution is -2.10. The molecule has 0 aliphatic heterocycles. The number of hydrogen-bond donors (Lipinski definition) is 0. The summed E-state index contributed by atoms with van der Waals surface area (Å²) in [4.78, 5) is 2.32. The summed E-state index contributed by atoms with van der Waals surface area (Å²) in [6.45, 7) is 0. The standard InChI is InChI=1S/C48H32N2O/c1-3-12-33(13-4-1)35-22-24-37(25-23-35)49(38-17-11-16-36(30-38)34-14-5-2-6-15-34)40-26-28-43-44-31-39(27-29-47(44)51-48(43)32-40)50-45-20-9-7-18-41(45)42-19-8-10-21-46(42)50/h1-32H. The Kier molecular flexibility index (Phi) is 6.81. The van der Waals surface area contributed by atoms with Crippen LogP contribution in [0.5, 0.6) is 0 Å². The third-order valence-electron chi connectivity index (χ3n) is 9.98. The van der Waals surface area contributed by atoms with Crippen LogP contribution in [0.2, 0.25) is 0 Å². The maximum Gasteiger partial charge on any atom is 0.137 e. The summed E-state index contributed by atoms with van der Waals surface area (Å²) in [5, 5.41) is 4.70. The van der Waals surface area contributed by atoms with E-state index in [4.69, 9.17) is 4.42 Å². The highest BCUT2D eigenvalue weighted by Crippen LogP contribution is 2.41. The van der Waals surface area contributed by atoms with Crippen molar-refractivity contribution in [3.05, 3.63) is 194 Å². The minimum Gasteiger partial charge on any atom is -0.456 e. The Labute approximate surface area is 295 Å². The first-order valence-electron chi connectivity index (χ1n) is 17.3. The normalized spacial score (nSPS) is 11.5. The number of anilines is 3. The summed E-state index contributed by atoms with van der Waals surface area (Å²) in [7, 11) is 0. The van der Waals surface area contributed by atoms with E-state index in [0.29, 0.717) is 0 Å². The molecule has 10 rings (SSSR count). The lowest BCUT2D eigenvalue weighted by Gasteiger charge is -2.26. The van der Waals surface area contributed by atoms with Gasteiger partial charge in [0.2, 0.25) is 0 Å². The van der Waals surface area contributed by atoms with Crippen molar-refractivity contribution in [3.8, 4) is 27.9 Å². The third-order valence-corrected chi connectivity index (χ3v) is 9.98. The van der Waals surface area contributed by atoms with Crippen molar-refractivity contribution in [2.75, 3.05) is 4.90 Å². The average molecular weight is 653 g/mol. The second-order valence-electron chi connectivity index (χ2n) is 13.0. The highest BCUT2D eigenvalue weighted by atomic mass is 16.3. The van der Waals surface area contributed by atoms with Crippen molar-refractivity contribution < 1.29 is 4.42 Å². The number of furan rings is 1. The fourth-order valence-electron chi connectivity index (χ4n) is 7.57. The van der Waals surface area contributed by atoms with Crippen molar-refractivity contribution in [1.82, 2.24) is 4.57 Å². The first kappa shape index (κ1) is 29.1. The minimum absolute atomic E-state index is 0.854. The van der Waals surface area contributed by atoms with Crippen molar-refractivity contribution in [1.29, 1.82) is 0 Å². The minimum atomic E-state index is 0.854. The summed E-state index contributed by atoms with van der Waals surface area (Å²) < 4.78 is 8.96. The number of fused-ring (bicyclic) bond motifs is 6. The molecular weight excluding hydrogens is 621 g/mol. The van der Waals surface area contributed by atoms with E-state index in [1.807, 2.05) is 0 Å². The van der Waals surface area contributed by atoms with Gasteiger partial charge in [-0.3, -0.25) is 0 Å². The van der Waals surface area contributed by atoms with Gasteiger partial charge in [0.15, 0.2) is 0 Å². The molecule has 0 atom stereocenters. The molecule has 3 nitrogen and oxygen atoms in total. The Morgan fingerprint density at radius 1 is 0.333 bits per heavy atom. The van der Waals surface area contributed by atoms with Crippen LogP contribution in [0.15, 0.2) is 199 Å². The van der Waals surface area contributed by atoms with Crippen LogP contribution in [0.1, 0.15) is 0 Å². The lowest BCUT2D eigenvalue weighted by molar-refractivity contribution is 0.669. The van der Waals surface area contributed by atoms with E-state index in [2.05, 4.69) is 204 Å². The van der Waals surface area contributed by atoms with Gasteiger partial charge in [-0.2, -0.15) is 0 Å². The zero-order chi connectivity index (χ0) is 33.7. The second kappa shape index (κ2) is 11.9. The van der Waals surface area contributed by atoms with Crippen LogP contribution in [-0.2, 0) is 0 Å². The summed E-state index contributed by atoms with van der Waals surface area (Å²) >= 11 is 0. The number of rotatable bonds is 6. The first-order valence-corrected chi connectivity index (χ1v) is 17.3. The van der Waals surface area contributed by atoms with E-state index in [1.54, 1.807) is 0 Å². The van der Waals surface area contributed by atoms with Crippen LogP contribution in [0.4, 0.5) is 17.1 Å². The molecule has 2 heterocycles. The quantitative estimate of drug-likeness (QED) is 0.178. The number of hydrogen-bond acceptors (Lipinski definition) is 2. The number of para-hydroxylation sites is 2. The van der Waals surface area contributed by atoms with Gasteiger partial charge in [-0.05, 0) is 89.0 Å². The fourth-order valence-corrected chi connectivity index (χ4v) is 7.57. The molecular formula is C48H32N2O. The molecule has 240 valence electrons. The molecule has 0 amide bonds. The van der Waals surface area contributed by atoms with Crippen LogP contribution < -0.4 is 4.90 Å². The topological polar surface area (TPSA) is 21.3 Å². The smallest absolute Gasteiger partial charge is 0.137 e. The Bertz CT molecular complexity index is 2790. The molecule has 0 spiro atoms. The summed E-state index contributed by atoms with van der Waals surface area (Å²) in [5.41, 5.74) is 13.1. The zero-order valence-corrected chi connectivity index (χ0v) is 27.8. The van der Waals surface area contributed by atoms with Gasteiger partial charge >= 0.3 is 0 Å². The maximum atomic E-state index is 6.60. The molecule has 0 aliphatic carbocycles. The van der Waals surface area contributed by atoms with Gasteiger partial charge in [0.05, 0.1) is 11.0 Å². The van der Waals surface area contributed by atoms with E-state index in [9.17, 15) is 0 Å². The van der Waals surface area contributed by atoms with E-state index < -0.39 is 0 Å². The SMILES string of the molecule is c1ccc(-c2ccc(N(c3cccc(-c4ccccc4)c3)c3ccc4c(c3)oc3ccc(-n5c6ccccc6c6ccccc65)cc34)cc2)cc1. The molecule has 10 aromatic rings. The fraction of sp³-hybridized carbons (Fsp3) is 0. The number of nitrogens with zero attached hydrogens (tertiary/aromatic N) is 2. The molecule has 8 aromatic carbocycles. The van der Waals surface area contributed by atoms with Crippen molar-refractivity contribution in [3.63, 3.8) is 0 Å². The van der Waals surface area contributed by atoms with Gasteiger partial charge in [-0.1, -0.05) is 121 Å². The van der Waals surface area contributed by atoms with Gasteiger partial charge in [0, 0.05) is 50.4 Å². The predicted molar refractivity (Wildman–Crippen MR) is 214 cm³/mol. The molecule has 51 heavy (non-hydrogen) atoms. The van der Waals surface area contributed by atoms with Gasteiger partial charge in [0.1, 0.15) is 11.2 Å². The second-order valence-corrected chi connectivity index (χ2v) is 13.0. The van der Waals surface area contributed by atoms with Crippen LogP contribution in [0, 0.1) is 0 Å². The zero-order valence-electron chi connectivity index (χ0n) is 27.8. The Hall–Kier alpha value is -6.84. The molecule has 0 radical (unpaired) electrons. The summed E-state index contributed by atoms with van der Waals surface area (Å²) in [6.07, 6.45) is 0. The molecule has 0 N–H and O–H groups in total. The third kappa shape index (κ3) is 4.98. The van der Waals surface area contributed by atoms with E-state index in [-0.39, 0.29) is 0 Å². The Balaban J connectivity index is 1.11. The van der Waals surface area contributed by atoms with E-state index >= 15 is 0 Å². The first-order chi connectivity index (χ1) is 25.3. The van der Waals surface area contributed by atoms with Crippen molar-refractivity contribution >= 4 is 60.8 Å². The summed E-state index contributed by atoms with van der Waals surface area (Å²) in [5.74, 6) is 0. The average Bonchev–Trinajstić information content (AvgIpc) is 3.74. The molecule has 2 aromatic heterocycles. The van der Waals surface area contributed by atoms with E-state index in [0.717, 1.165) is 44.7 Å². The molecule has 0 aliphatic rings. The predicted octanol–water partition coefficient (Wildman–Crippen LogP) is 13.5. The monoisotopic (exact) mass is 652 g/mol. The summed E-state index contributed by atoms with van der Waals surface area (Å²) in [6, 6.07) is 69.1. The maximum absolute atomic E-state index is 6.60. The van der Waals surface area contributed by atoms with Crippen LogP contribution >= 0.6 is 0 Å². The molecule has 3 heteroatoms. The number of aromatic nitrogens is 1. The van der Waals surface area contributed by atoms with Crippen LogP contribution in [-0.4, -0.2) is 4.57 Å². The molecule has 0 bridgehead atoms. The molecule has 0 unspecified atom stereocenters. The Morgan fingerprint density at radius 2 is 0.902 bits per heavy atom. The van der Waals surface area contributed by atoms with Gasteiger partial charge in [-0.15, -0.1) is 0 Å². The number of benzene rings is 8. The largest absolute Gasteiger partial charge is 0.456 e. The van der Waals surface area contributed by atoms with Gasteiger partial charge in [0.25, 0.3) is 0 Å². The van der Waals surface area contributed by atoms with Crippen LogP contribution in [0.25, 0.3) is 71.7 Å². The molecule has 0 saturated heterocycles. The van der Waals surface area contributed by atoms with Crippen LogP contribution in [0.3, 0.4) is 0 Å². The highest BCUT2D eigenvalue weighted by molar-refractivity contribution is 6.11. The highest BCUT2D eigenvalue weighted by Gasteiger charge is 2.18. The van der Waals surface area contributed by atoms with Gasteiger partial charge < -0.3 is 13.9 Å². The van der Waals surface area contributed by atoms with E-state index in [1.165, 1.54) is 44.1 Å². The van der Waals surface area contributed by atoms with Crippen molar-refractivity contribution in [2.24, 2.45) is 0 Å². The van der Waals surface area contributed by atoms with Gasteiger partial charge in [-0.25, -0.2) is 0 Å². The molecule has 0 fully saturated rings. The molecule has 0 saturated carbocycles. The van der Waals surface area contributed by atoms with Crippen molar-refractivity contribution in [2.45, 2.75) is 0 Å².